The van der Waals surface area contributed by atoms with Gasteiger partial charge in [0.25, 0.3) is 0 Å². The summed E-state index contributed by atoms with van der Waals surface area (Å²) in [6.45, 7) is 3.62. The Bertz CT molecular complexity index is 695. The molecule has 4 rings (SSSR count). The largest absolute Gasteiger partial charge is 0.497 e. The normalized spacial score (nSPS) is 19.1. The molecular formula is C21H28ClNOSi. The monoisotopic (exact) mass is 373 g/mol. The number of rotatable bonds is 3. The maximum Gasteiger partial charge on any atom is 0.118 e. The molecule has 1 spiro atoms. The highest BCUT2D eigenvalue weighted by Gasteiger charge is 2.41. The summed E-state index contributed by atoms with van der Waals surface area (Å²) in [7, 11) is 0.502. The van der Waals surface area contributed by atoms with Gasteiger partial charge in [0.1, 0.15) is 5.75 Å². The molecule has 1 fully saturated rings. The highest BCUT2D eigenvalue weighted by molar-refractivity contribution is 6.92. The quantitative estimate of drug-likeness (QED) is 0.746. The van der Waals surface area contributed by atoms with E-state index in [1.54, 1.807) is 17.9 Å². The molecule has 0 aromatic heterocycles. The van der Waals surface area contributed by atoms with Crippen molar-refractivity contribution >= 4 is 25.7 Å². The van der Waals surface area contributed by atoms with Crippen molar-refractivity contribution in [3.63, 3.8) is 0 Å². The third kappa shape index (κ3) is 3.79. The number of hydrogen-bond acceptors (Lipinski definition) is 2. The SMILES string of the molecule is COc1ccc(CN2CC[Si]3(CCCc4ccccc43)CC2)cc1.Cl. The van der Waals surface area contributed by atoms with Gasteiger partial charge in [-0.15, -0.1) is 12.4 Å². The molecule has 2 aromatic carbocycles. The van der Waals surface area contributed by atoms with E-state index >= 15 is 0 Å². The lowest BCUT2D eigenvalue weighted by Gasteiger charge is -2.44. The van der Waals surface area contributed by atoms with Crippen LogP contribution >= 0.6 is 12.4 Å². The number of halogens is 1. The van der Waals surface area contributed by atoms with Gasteiger partial charge in [0.2, 0.25) is 0 Å². The zero-order valence-corrected chi connectivity index (χ0v) is 16.9. The Kier molecular flexibility index (Phi) is 5.88. The highest BCUT2D eigenvalue weighted by Crippen LogP contribution is 2.33. The van der Waals surface area contributed by atoms with Crippen LogP contribution in [0.25, 0.3) is 0 Å². The van der Waals surface area contributed by atoms with Gasteiger partial charge < -0.3 is 4.74 Å². The first-order valence-electron chi connectivity index (χ1n) is 9.23. The van der Waals surface area contributed by atoms with E-state index in [1.165, 1.54) is 49.6 Å². The van der Waals surface area contributed by atoms with Gasteiger partial charge in [-0.05, 0) is 54.9 Å². The zero-order valence-electron chi connectivity index (χ0n) is 15.0. The molecule has 0 atom stereocenters. The van der Waals surface area contributed by atoms with Gasteiger partial charge in [0.15, 0.2) is 0 Å². The van der Waals surface area contributed by atoms with E-state index in [4.69, 9.17) is 4.74 Å². The van der Waals surface area contributed by atoms with Crippen LogP contribution in [0, 0.1) is 0 Å². The Hall–Kier alpha value is -1.29. The predicted octanol–water partition coefficient (Wildman–Crippen LogP) is 4.23. The van der Waals surface area contributed by atoms with Crippen molar-refractivity contribution in [2.45, 2.75) is 37.5 Å². The van der Waals surface area contributed by atoms with Crippen LogP contribution in [0.4, 0.5) is 0 Å². The summed E-state index contributed by atoms with van der Waals surface area (Å²) in [5.74, 6) is 0.947. The average Bonchev–Trinajstić information content (AvgIpc) is 2.65. The second kappa shape index (κ2) is 7.94. The summed E-state index contributed by atoms with van der Waals surface area (Å²) >= 11 is 0. The van der Waals surface area contributed by atoms with Crippen molar-refractivity contribution in [2.75, 3.05) is 20.2 Å². The fourth-order valence-electron chi connectivity index (χ4n) is 4.66. The summed E-state index contributed by atoms with van der Waals surface area (Å²) in [6.07, 6.45) is 2.72. The maximum absolute atomic E-state index is 5.26. The molecule has 1 saturated heterocycles. The lowest BCUT2D eigenvalue weighted by Crippen LogP contribution is -2.57. The molecule has 0 aliphatic carbocycles. The molecule has 4 heteroatoms. The molecule has 134 valence electrons. The van der Waals surface area contributed by atoms with Crippen LogP contribution in [0.15, 0.2) is 48.5 Å². The fraction of sp³-hybridized carbons (Fsp3) is 0.429. The molecular weight excluding hydrogens is 346 g/mol. The molecule has 0 radical (unpaired) electrons. The van der Waals surface area contributed by atoms with Gasteiger partial charge >= 0.3 is 0 Å². The lowest BCUT2D eigenvalue weighted by molar-refractivity contribution is 0.281. The van der Waals surface area contributed by atoms with Gasteiger partial charge in [-0.1, -0.05) is 54.0 Å². The Labute approximate surface area is 158 Å². The number of fused-ring (bicyclic) bond motifs is 2. The second-order valence-corrected chi connectivity index (χ2v) is 12.0. The molecule has 0 bridgehead atoms. The number of benzene rings is 2. The molecule has 2 nitrogen and oxygen atoms in total. The molecule has 2 aliphatic heterocycles. The molecule has 2 heterocycles. The van der Waals surface area contributed by atoms with Crippen LogP contribution in [0.5, 0.6) is 5.75 Å². The van der Waals surface area contributed by atoms with Crippen molar-refractivity contribution in [1.82, 2.24) is 4.90 Å². The van der Waals surface area contributed by atoms with E-state index in [9.17, 15) is 0 Å². The third-order valence-corrected chi connectivity index (χ3v) is 11.4. The Balaban J connectivity index is 0.00000182. The van der Waals surface area contributed by atoms with Crippen molar-refractivity contribution in [3.05, 3.63) is 59.7 Å². The molecule has 2 aromatic rings. The minimum absolute atomic E-state index is 0. The Morgan fingerprint density at radius 1 is 0.960 bits per heavy atom. The average molecular weight is 374 g/mol. The number of aryl methyl sites for hydroxylation is 1. The Morgan fingerprint density at radius 2 is 1.68 bits per heavy atom. The second-order valence-electron chi connectivity index (χ2n) is 7.42. The summed E-state index contributed by atoms with van der Waals surface area (Å²) in [5.41, 5.74) is 3.07. The molecule has 0 amide bonds. The summed E-state index contributed by atoms with van der Waals surface area (Å²) in [5, 5.41) is 1.79. The van der Waals surface area contributed by atoms with Gasteiger partial charge in [-0.3, -0.25) is 4.90 Å². The molecule has 2 aliphatic rings. The van der Waals surface area contributed by atoms with E-state index in [-0.39, 0.29) is 12.4 Å². The first-order chi connectivity index (χ1) is 11.8. The molecule has 0 saturated carbocycles. The maximum atomic E-state index is 5.26. The fourth-order valence-corrected chi connectivity index (χ4v) is 9.89. The number of methoxy groups -OCH3 is 1. The topological polar surface area (TPSA) is 12.5 Å². The van der Waals surface area contributed by atoms with Gasteiger partial charge in [-0.2, -0.15) is 0 Å². The Morgan fingerprint density at radius 3 is 2.40 bits per heavy atom. The third-order valence-electron chi connectivity index (χ3n) is 6.07. The first kappa shape index (κ1) is 18.5. The van der Waals surface area contributed by atoms with E-state index in [0.29, 0.717) is 0 Å². The van der Waals surface area contributed by atoms with Gasteiger partial charge in [0, 0.05) is 6.54 Å². The van der Waals surface area contributed by atoms with Crippen molar-refractivity contribution in [1.29, 1.82) is 0 Å². The van der Waals surface area contributed by atoms with Crippen molar-refractivity contribution in [3.8, 4) is 5.75 Å². The first-order valence-corrected chi connectivity index (χ1v) is 11.8. The smallest absolute Gasteiger partial charge is 0.118 e. The van der Waals surface area contributed by atoms with Crippen LogP contribution in [0.3, 0.4) is 0 Å². The molecule has 25 heavy (non-hydrogen) atoms. The molecule has 0 N–H and O–H groups in total. The van der Waals surface area contributed by atoms with Crippen LogP contribution in [-0.4, -0.2) is 33.2 Å². The number of ether oxygens (including phenoxy) is 1. The minimum atomic E-state index is -1.23. The molecule has 0 unspecified atom stereocenters. The lowest BCUT2D eigenvalue weighted by atomic mass is 10.1. The standard InChI is InChI=1S/C21H27NOSi.ClH/c1-23-20-10-8-18(9-11-20)17-22-12-15-24(16-13-22)14-4-6-19-5-2-3-7-21(19)24;/h2-3,5,7-11H,4,6,12-17H2,1H3;1H. The van der Waals surface area contributed by atoms with Crippen molar-refractivity contribution < 1.29 is 4.74 Å². The van der Waals surface area contributed by atoms with Gasteiger partial charge in [0.05, 0.1) is 15.2 Å². The summed E-state index contributed by atoms with van der Waals surface area (Å²) < 4.78 is 5.26. The predicted molar refractivity (Wildman–Crippen MR) is 110 cm³/mol. The van der Waals surface area contributed by atoms with E-state index in [2.05, 4.69) is 53.4 Å². The highest BCUT2D eigenvalue weighted by atomic mass is 35.5. The van der Waals surface area contributed by atoms with Crippen LogP contribution in [-0.2, 0) is 13.0 Å². The van der Waals surface area contributed by atoms with Crippen LogP contribution in [0.1, 0.15) is 17.5 Å². The number of nitrogens with zero attached hydrogens (tertiary/aromatic N) is 1. The van der Waals surface area contributed by atoms with E-state index in [0.717, 1.165) is 12.3 Å². The number of hydrogen-bond donors (Lipinski definition) is 0. The van der Waals surface area contributed by atoms with E-state index < -0.39 is 8.07 Å². The van der Waals surface area contributed by atoms with Crippen LogP contribution in [0.2, 0.25) is 18.1 Å². The van der Waals surface area contributed by atoms with Gasteiger partial charge in [-0.25, -0.2) is 0 Å². The summed E-state index contributed by atoms with van der Waals surface area (Å²) in [6, 6.07) is 22.3. The van der Waals surface area contributed by atoms with Crippen molar-refractivity contribution in [2.24, 2.45) is 0 Å². The minimum Gasteiger partial charge on any atom is -0.497 e. The van der Waals surface area contributed by atoms with Crippen LogP contribution < -0.4 is 9.92 Å². The summed E-state index contributed by atoms with van der Waals surface area (Å²) in [4.78, 5) is 2.65. The van der Waals surface area contributed by atoms with E-state index in [1.807, 2.05) is 0 Å². The zero-order chi connectivity index (χ0) is 16.4.